The predicted octanol–water partition coefficient (Wildman–Crippen LogP) is 3.67. The molecule has 2 N–H and O–H groups in total. The summed E-state index contributed by atoms with van der Waals surface area (Å²) in [6, 6.07) is 7.72. The minimum Gasteiger partial charge on any atom is -0.389 e. The van der Waals surface area contributed by atoms with Gasteiger partial charge in [0.25, 0.3) is 0 Å². The van der Waals surface area contributed by atoms with Gasteiger partial charge in [-0.25, -0.2) is 0 Å². The van der Waals surface area contributed by atoms with Gasteiger partial charge in [0.1, 0.15) is 4.99 Å². The summed E-state index contributed by atoms with van der Waals surface area (Å²) < 4.78 is 0. The second-order valence-corrected chi connectivity index (χ2v) is 5.67. The quantitative estimate of drug-likeness (QED) is 0.873. The topological polar surface area (TPSA) is 29.3 Å². The summed E-state index contributed by atoms with van der Waals surface area (Å²) in [5.74, 6) is 0. The van der Waals surface area contributed by atoms with Crippen LogP contribution in [0.2, 0.25) is 5.02 Å². The van der Waals surface area contributed by atoms with Crippen LogP contribution < -0.4 is 10.6 Å². The lowest BCUT2D eigenvalue weighted by atomic mass is 10.1. The standard InChI is InChI=1S/C13H13ClN2S2/c1-16(7-9-4-5-18-8-9)12-3-2-10(14)6-11(12)13(15)17/h2-6,8H,7H2,1H3,(H2,15,17). The van der Waals surface area contributed by atoms with Crippen LogP contribution in [0, 0.1) is 0 Å². The highest BCUT2D eigenvalue weighted by molar-refractivity contribution is 7.80. The molecular formula is C13H13ClN2S2. The first kappa shape index (κ1) is 13.3. The van der Waals surface area contributed by atoms with Gasteiger partial charge in [0, 0.05) is 29.9 Å². The van der Waals surface area contributed by atoms with E-state index < -0.39 is 0 Å². The number of rotatable bonds is 4. The Morgan fingerprint density at radius 1 is 1.44 bits per heavy atom. The molecule has 0 radical (unpaired) electrons. The number of halogens is 1. The van der Waals surface area contributed by atoms with Gasteiger partial charge < -0.3 is 10.6 Å². The van der Waals surface area contributed by atoms with Gasteiger partial charge in [-0.3, -0.25) is 0 Å². The number of hydrogen-bond donors (Lipinski definition) is 1. The maximum atomic E-state index is 5.98. The van der Waals surface area contributed by atoms with Crippen molar-refractivity contribution in [2.45, 2.75) is 6.54 Å². The summed E-state index contributed by atoms with van der Waals surface area (Å²) in [4.78, 5) is 2.48. The summed E-state index contributed by atoms with van der Waals surface area (Å²) in [7, 11) is 2.02. The van der Waals surface area contributed by atoms with Crippen molar-refractivity contribution in [3.8, 4) is 0 Å². The molecule has 1 aromatic carbocycles. The van der Waals surface area contributed by atoms with Crippen LogP contribution in [-0.2, 0) is 6.54 Å². The van der Waals surface area contributed by atoms with Crippen molar-refractivity contribution in [2.24, 2.45) is 5.73 Å². The van der Waals surface area contributed by atoms with Gasteiger partial charge in [-0.1, -0.05) is 23.8 Å². The van der Waals surface area contributed by atoms with Gasteiger partial charge in [-0.2, -0.15) is 11.3 Å². The summed E-state index contributed by atoms with van der Waals surface area (Å²) >= 11 is 12.7. The Labute approximate surface area is 121 Å². The van der Waals surface area contributed by atoms with Crippen molar-refractivity contribution in [1.82, 2.24) is 0 Å². The molecule has 1 aromatic heterocycles. The zero-order valence-corrected chi connectivity index (χ0v) is 12.3. The maximum Gasteiger partial charge on any atom is 0.106 e. The third kappa shape index (κ3) is 3.02. The second kappa shape index (κ2) is 5.69. The zero-order chi connectivity index (χ0) is 13.1. The third-order valence-electron chi connectivity index (χ3n) is 2.64. The highest BCUT2D eigenvalue weighted by atomic mass is 35.5. The first-order chi connectivity index (χ1) is 8.58. The van der Waals surface area contributed by atoms with Gasteiger partial charge in [-0.15, -0.1) is 0 Å². The SMILES string of the molecule is CN(Cc1ccsc1)c1ccc(Cl)cc1C(N)=S. The van der Waals surface area contributed by atoms with Crippen molar-refractivity contribution in [3.05, 3.63) is 51.2 Å². The number of nitrogens with two attached hydrogens (primary N) is 1. The second-order valence-electron chi connectivity index (χ2n) is 4.01. The molecule has 0 aliphatic heterocycles. The monoisotopic (exact) mass is 296 g/mol. The van der Waals surface area contributed by atoms with Crippen LogP contribution >= 0.6 is 35.2 Å². The molecule has 0 fully saturated rings. The van der Waals surface area contributed by atoms with Crippen molar-refractivity contribution < 1.29 is 0 Å². The number of thiocarbonyl (C=S) groups is 1. The molecule has 18 heavy (non-hydrogen) atoms. The fourth-order valence-electron chi connectivity index (χ4n) is 1.78. The maximum absolute atomic E-state index is 5.98. The van der Waals surface area contributed by atoms with Crippen LogP contribution in [-0.4, -0.2) is 12.0 Å². The average Bonchev–Trinajstić information content (AvgIpc) is 2.81. The van der Waals surface area contributed by atoms with E-state index in [9.17, 15) is 0 Å². The van der Waals surface area contributed by atoms with Crippen molar-refractivity contribution in [1.29, 1.82) is 0 Å². The molecule has 0 aliphatic rings. The van der Waals surface area contributed by atoms with Crippen LogP contribution in [0.4, 0.5) is 5.69 Å². The molecule has 0 aliphatic carbocycles. The van der Waals surface area contributed by atoms with E-state index in [4.69, 9.17) is 29.6 Å². The van der Waals surface area contributed by atoms with Gasteiger partial charge in [0.15, 0.2) is 0 Å². The van der Waals surface area contributed by atoms with Gasteiger partial charge >= 0.3 is 0 Å². The molecule has 0 saturated carbocycles. The Hall–Kier alpha value is -1.10. The smallest absolute Gasteiger partial charge is 0.106 e. The van der Waals surface area contributed by atoms with Gasteiger partial charge in [0.05, 0.1) is 0 Å². The van der Waals surface area contributed by atoms with E-state index >= 15 is 0 Å². The molecule has 0 bridgehead atoms. The summed E-state index contributed by atoms with van der Waals surface area (Å²) in [6.45, 7) is 0.820. The Kier molecular flexibility index (Phi) is 4.22. The molecule has 2 aromatic rings. The number of thiophene rings is 1. The molecule has 0 atom stereocenters. The Morgan fingerprint density at radius 2 is 2.22 bits per heavy atom. The van der Waals surface area contributed by atoms with Gasteiger partial charge in [-0.05, 0) is 40.6 Å². The van der Waals surface area contributed by atoms with E-state index in [0.29, 0.717) is 10.0 Å². The molecule has 2 rings (SSSR count). The fraction of sp³-hybridized carbons (Fsp3) is 0.154. The molecule has 0 saturated heterocycles. The zero-order valence-electron chi connectivity index (χ0n) is 9.89. The summed E-state index contributed by atoms with van der Waals surface area (Å²) in [6.07, 6.45) is 0. The van der Waals surface area contributed by atoms with Crippen LogP contribution in [0.3, 0.4) is 0 Å². The van der Waals surface area contributed by atoms with Crippen LogP contribution in [0.15, 0.2) is 35.0 Å². The lowest BCUT2D eigenvalue weighted by Crippen LogP contribution is -2.21. The van der Waals surface area contributed by atoms with E-state index in [1.807, 2.05) is 25.2 Å². The largest absolute Gasteiger partial charge is 0.389 e. The highest BCUT2D eigenvalue weighted by Gasteiger charge is 2.11. The highest BCUT2D eigenvalue weighted by Crippen LogP contribution is 2.25. The number of hydrogen-bond acceptors (Lipinski definition) is 3. The average molecular weight is 297 g/mol. The van der Waals surface area contributed by atoms with E-state index in [-0.39, 0.29) is 0 Å². The first-order valence-corrected chi connectivity index (χ1v) is 7.12. The lowest BCUT2D eigenvalue weighted by Gasteiger charge is -2.22. The Balaban J connectivity index is 2.29. The van der Waals surface area contributed by atoms with E-state index in [0.717, 1.165) is 17.8 Å². The van der Waals surface area contributed by atoms with Gasteiger partial charge in [0.2, 0.25) is 0 Å². The minimum atomic E-state index is 0.365. The molecule has 2 nitrogen and oxygen atoms in total. The fourth-order valence-corrected chi connectivity index (χ4v) is 2.78. The Morgan fingerprint density at radius 3 is 2.83 bits per heavy atom. The first-order valence-electron chi connectivity index (χ1n) is 5.39. The van der Waals surface area contributed by atoms with Crippen molar-refractivity contribution >= 4 is 45.8 Å². The third-order valence-corrected chi connectivity index (χ3v) is 3.82. The normalized spacial score (nSPS) is 10.3. The van der Waals surface area contributed by atoms with E-state index in [1.165, 1.54) is 5.56 Å². The predicted molar refractivity (Wildman–Crippen MR) is 83.8 cm³/mol. The lowest BCUT2D eigenvalue weighted by molar-refractivity contribution is 0.926. The molecule has 0 spiro atoms. The number of nitrogens with zero attached hydrogens (tertiary/aromatic N) is 1. The molecule has 1 heterocycles. The van der Waals surface area contributed by atoms with Crippen LogP contribution in [0.25, 0.3) is 0 Å². The summed E-state index contributed by atoms with van der Waals surface area (Å²) in [5.41, 5.74) is 8.83. The number of benzene rings is 1. The van der Waals surface area contributed by atoms with E-state index in [2.05, 4.69) is 21.7 Å². The van der Waals surface area contributed by atoms with Crippen LogP contribution in [0.5, 0.6) is 0 Å². The molecular weight excluding hydrogens is 284 g/mol. The van der Waals surface area contributed by atoms with E-state index in [1.54, 1.807) is 11.3 Å². The van der Waals surface area contributed by atoms with Crippen molar-refractivity contribution in [2.75, 3.05) is 11.9 Å². The van der Waals surface area contributed by atoms with Crippen molar-refractivity contribution in [3.63, 3.8) is 0 Å². The molecule has 0 amide bonds. The Bertz CT molecular complexity index is 552. The molecule has 94 valence electrons. The molecule has 0 unspecified atom stereocenters. The minimum absolute atomic E-state index is 0.365. The van der Waals surface area contributed by atoms with Crippen LogP contribution in [0.1, 0.15) is 11.1 Å². The number of anilines is 1. The molecule has 5 heteroatoms. The summed E-state index contributed by atoms with van der Waals surface area (Å²) in [5, 5.41) is 4.84.